The lowest BCUT2D eigenvalue weighted by Gasteiger charge is -2.11. The van der Waals surface area contributed by atoms with Crippen LogP contribution in [0.5, 0.6) is 0 Å². The summed E-state index contributed by atoms with van der Waals surface area (Å²) >= 11 is 5.31. The highest BCUT2D eigenvalue weighted by molar-refractivity contribution is 7.80. The number of thiocarbonyl (C=S) groups is 1. The van der Waals surface area contributed by atoms with Gasteiger partial charge in [0.05, 0.1) is 0 Å². The fourth-order valence-corrected chi connectivity index (χ4v) is 3.38. The van der Waals surface area contributed by atoms with Gasteiger partial charge in [-0.15, -0.1) is 0 Å². The number of carbonyl (C=O) groups is 1. The Balaban J connectivity index is 1.48. The molecule has 0 bridgehead atoms. The highest BCUT2D eigenvalue weighted by Crippen LogP contribution is 2.26. The Morgan fingerprint density at radius 2 is 1.72 bits per heavy atom. The number of anilines is 1. The standard InChI is InChI=1S/C23H19N3O2S/c1-14-10-15(2)12-17(11-14)21(27)26-23(29)24-18-7-5-6-16(13-18)22-25-19-8-3-4-9-20(19)28-22/h3-13H,1-2H3,(H2,24,26,27,29). The molecule has 0 saturated carbocycles. The van der Waals surface area contributed by atoms with Gasteiger partial charge in [-0.25, -0.2) is 4.98 Å². The van der Waals surface area contributed by atoms with Gasteiger partial charge in [0, 0.05) is 16.8 Å². The van der Waals surface area contributed by atoms with Crippen molar-refractivity contribution in [1.82, 2.24) is 10.3 Å². The molecule has 0 aliphatic carbocycles. The largest absolute Gasteiger partial charge is 0.436 e. The third-order valence-corrected chi connectivity index (χ3v) is 4.58. The van der Waals surface area contributed by atoms with Crippen molar-refractivity contribution in [3.05, 3.63) is 83.4 Å². The van der Waals surface area contributed by atoms with Crippen LogP contribution >= 0.6 is 12.2 Å². The number of aromatic nitrogens is 1. The van der Waals surface area contributed by atoms with E-state index in [0.29, 0.717) is 11.5 Å². The topological polar surface area (TPSA) is 67.2 Å². The maximum Gasteiger partial charge on any atom is 0.257 e. The molecule has 144 valence electrons. The van der Waals surface area contributed by atoms with E-state index in [1.807, 2.05) is 80.6 Å². The van der Waals surface area contributed by atoms with Gasteiger partial charge in [-0.05, 0) is 68.5 Å². The minimum Gasteiger partial charge on any atom is -0.436 e. The summed E-state index contributed by atoms with van der Waals surface area (Å²) in [7, 11) is 0. The highest BCUT2D eigenvalue weighted by Gasteiger charge is 2.11. The first-order valence-corrected chi connectivity index (χ1v) is 9.55. The fourth-order valence-electron chi connectivity index (χ4n) is 3.17. The minimum atomic E-state index is -0.246. The number of hydrogen-bond acceptors (Lipinski definition) is 4. The van der Waals surface area contributed by atoms with Gasteiger partial charge in [-0.3, -0.25) is 10.1 Å². The summed E-state index contributed by atoms with van der Waals surface area (Å²) in [5, 5.41) is 5.99. The number of carbonyl (C=O) groups excluding carboxylic acids is 1. The molecule has 5 nitrogen and oxygen atoms in total. The van der Waals surface area contributed by atoms with Crippen molar-refractivity contribution >= 4 is 40.0 Å². The molecular weight excluding hydrogens is 382 g/mol. The van der Waals surface area contributed by atoms with Gasteiger partial charge in [-0.1, -0.05) is 35.4 Å². The number of hydrogen-bond donors (Lipinski definition) is 2. The van der Waals surface area contributed by atoms with Crippen molar-refractivity contribution in [2.45, 2.75) is 13.8 Å². The summed E-state index contributed by atoms with van der Waals surface area (Å²) in [6.07, 6.45) is 0. The molecule has 0 radical (unpaired) electrons. The van der Waals surface area contributed by atoms with Crippen LogP contribution < -0.4 is 10.6 Å². The monoisotopic (exact) mass is 401 g/mol. The molecule has 3 aromatic carbocycles. The molecule has 29 heavy (non-hydrogen) atoms. The summed E-state index contributed by atoms with van der Waals surface area (Å²) in [6, 6.07) is 20.8. The average Bonchev–Trinajstić information content (AvgIpc) is 3.11. The second kappa shape index (κ2) is 7.85. The van der Waals surface area contributed by atoms with Crippen molar-refractivity contribution in [1.29, 1.82) is 0 Å². The highest BCUT2D eigenvalue weighted by atomic mass is 32.1. The van der Waals surface area contributed by atoms with Crippen molar-refractivity contribution in [2.75, 3.05) is 5.32 Å². The van der Waals surface area contributed by atoms with Crippen LogP contribution in [-0.2, 0) is 0 Å². The predicted molar refractivity (Wildman–Crippen MR) is 119 cm³/mol. The zero-order valence-electron chi connectivity index (χ0n) is 16.0. The lowest BCUT2D eigenvalue weighted by Crippen LogP contribution is -2.34. The molecule has 4 rings (SSSR count). The maximum absolute atomic E-state index is 12.5. The van der Waals surface area contributed by atoms with E-state index in [9.17, 15) is 4.79 Å². The maximum atomic E-state index is 12.5. The van der Waals surface area contributed by atoms with Gasteiger partial charge >= 0.3 is 0 Å². The van der Waals surface area contributed by atoms with E-state index in [4.69, 9.17) is 16.6 Å². The SMILES string of the molecule is Cc1cc(C)cc(C(=O)NC(=S)Nc2cccc(-c3nc4ccccc4o3)c2)c1. The van der Waals surface area contributed by atoms with Gasteiger partial charge < -0.3 is 9.73 Å². The number of para-hydroxylation sites is 2. The van der Waals surface area contributed by atoms with Crippen LogP contribution in [0.2, 0.25) is 0 Å². The molecule has 6 heteroatoms. The van der Waals surface area contributed by atoms with Crippen LogP contribution in [0.1, 0.15) is 21.5 Å². The average molecular weight is 401 g/mol. The van der Waals surface area contributed by atoms with E-state index >= 15 is 0 Å². The zero-order chi connectivity index (χ0) is 20.4. The van der Waals surface area contributed by atoms with Crippen molar-refractivity contribution < 1.29 is 9.21 Å². The predicted octanol–water partition coefficient (Wildman–Crippen LogP) is 5.24. The molecule has 0 aliphatic rings. The van der Waals surface area contributed by atoms with Crippen molar-refractivity contribution in [3.63, 3.8) is 0 Å². The van der Waals surface area contributed by atoms with E-state index in [1.54, 1.807) is 0 Å². The molecule has 1 amide bonds. The minimum absolute atomic E-state index is 0.226. The molecule has 0 aliphatic heterocycles. The Bertz CT molecular complexity index is 1180. The number of fused-ring (bicyclic) bond motifs is 1. The molecule has 2 N–H and O–H groups in total. The van der Waals surface area contributed by atoms with E-state index in [-0.39, 0.29) is 11.0 Å². The van der Waals surface area contributed by atoms with Crippen LogP contribution in [0.3, 0.4) is 0 Å². The Hall–Kier alpha value is -3.51. The van der Waals surface area contributed by atoms with E-state index < -0.39 is 0 Å². The molecule has 0 spiro atoms. The number of aryl methyl sites for hydroxylation is 2. The molecule has 0 fully saturated rings. The number of benzene rings is 3. The first-order chi connectivity index (χ1) is 14.0. The molecule has 1 heterocycles. The zero-order valence-corrected chi connectivity index (χ0v) is 16.8. The lowest BCUT2D eigenvalue weighted by molar-refractivity contribution is 0.0977. The molecule has 0 atom stereocenters. The number of oxazole rings is 1. The molecule has 4 aromatic rings. The molecule has 0 unspecified atom stereocenters. The Morgan fingerprint density at radius 3 is 2.48 bits per heavy atom. The van der Waals surface area contributed by atoms with Crippen LogP contribution in [0.15, 0.2) is 71.1 Å². The first-order valence-electron chi connectivity index (χ1n) is 9.14. The third-order valence-electron chi connectivity index (χ3n) is 4.37. The van der Waals surface area contributed by atoms with E-state index in [2.05, 4.69) is 15.6 Å². The fraction of sp³-hybridized carbons (Fsp3) is 0.0870. The second-order valence-electron chi connectivity index (χ2n) is 6.85. The quantitative estimate of drug-likeness (QED) is 0.460. The van der Waals surface area contributed by atoms with Gasteiger partial charge in [0.25, 0.3) is 5.91 Å². The summed E-state index contributed by atoms with van der Waals surface area (Å²) in [4.78, 5) is 17.0. The van der Waals surface area contributed by atoms with Crippen LogP contribution in [0, 0.1) is 13.8 Å². The van der Waals surface area contributed by atoms with Gasteiger partial charge in [-0.2, -0.15) is 0 Å². The number of amides is 1. The van der Waals surface area contributed by atoms with E-state index in [1.165, 1.54) is 0 Å². The Kier molecular flexibility index (Phi) is 5.10. The molecule has 1 aromatic heterocycles. The summed E-state index contributed by atoms with van der Waals surface area (Å²) in [6.45, 7) is 3.91. The Labute approximate surface area is 173 Å². The van der Waals surface area contributed by atoms with Gasteiger partial charge in [0.2, 0.25) is 5.89 Å². The van der Waals surface area contributed by atoms with Crippen LogP contribution in [0.25, 0.3) is 22.6 Å². The molecule has 0 saturated heterocycles. The summed E-state index contributed by atoms with van der Waals surface area (Å²) in [5.41, 5.74) is 5.71. The smallest absolute Gasteiger partial charge is 0.257 e. The van der Waals surface area contributed by atoms with Crippen LogP contribution in [-0.4, -0.2) is 16.0 Å². The number of nitrogens with zero attached hydrogens (tertiary/aromatic N) is 1. The second-order valence-corrected chi connectivity index (χ2v) is 7.26. The number of nitrogens with one attached hydrogen (secondary N) is 2. The van der Waals surface area contributed by atoms with Crippen molar-refractivity contribution in [3.8, 4) is 11.5 Å². The van der Waals surface area contributed by atoms with Crippen molar-refractivity contribution in [2.24, 2.45) is 0 Å². The summed E-state index contributed by atoms with van der Waals surface area (Å²) < 4.78 is 5.82. The number of rotatable bonds is 3. The first kappa shape index (κ1) is 18.8. The van der Waals surface area contributed by atoms with Crippen LogP contribution in [0.4, 0.5) is 5.69 Å². The lowest BCUT2D eigenvalue weighted by atomic mass is 10.1. The van der Waals surface area contributed by atoms with E-state index in [0.717, 1.165) is 33.5 Å². The van der Waals surface area contributed by atoms with Gasteiger partial charge in [0.15, 0.2) is 10.7 Å². The molecular formula is C23H19N3O2S. The normalized spacial score (nSPS) is 10.7. The van der Waals surface area contributed by atoms with Gasteiger partial charge in [0.1, 0.15) is 5.52 Å². The summed E-state index contributed by atoms with van der Waals surface area (Å²) in [5.74, 6) is 0.282. The Morgan fingerprint density at radius 1 is 0.966 bits per heavy atom. The third kappa shape index (κ3) is 4.33.